The van der Waals surface area contributed by atoms with Crippen molar-refractivity contribution in [1.82, 2.24) is 19.9 Å². The molecule has 394 valence electrons. The van der Waals surface area contributed by atoms with E-state index in [2.05, 4.69) is 9.97 Å². The second-order valence-electron chi connectivity index (χ2n) is 19.7. The van der Waals surface area contributed by atoms with Crippen molar-refractivity contribution in [3.8, 4) is 44.5 Å². The summed E-state index contributed by atoms with van der Waals surface area (Å²) in [5.74, 6) is 0. The van der Waals surface area contributed by atoms with E-state index in [0.29, 0.717) is 88.8 Å². The minimum absolute atomic E-state index is 0. The standard InChI is InChI=1S/C56H54N4O12S4.4Na/c1-25-21-29(5)53(73(61,62)63)33(9)45(25)49-37-13-15-39(57-37)50(46-26(2)22-30(6)54(34(46)10)74(64,65)66)41-17-19-43(59-41)52(48-28(4)24-32(8)56(36(48)12)76(70,71)72)44-20-18-42(60-44)51(40-16-14-38(49)58-40)47-27(3)23-31(7)55(35(47)11)75(67,68)69;;;;/h13-24,57,60H,1-12H3,(H,61,62,63)(H,64,65,66)(H,67,68,69)(H,70,71,72);;;;/q;4*+1/p-4. The van der Waals surface area contributed by atoms with Gasteiger partial charge in [0.1, 0.15) is 40.5 Å². The Morgan fingerprint density at radius 3 is 0.637 bits per heavy atom. The zero-order chi connectivity index (χ0) is 55.8. The van der Waals surface area contributed by atoms with E-state index in [1.807, 2.05) is 0 Å². The van der Waals surface area contributed by atoms with E-state index < -0.39 is 60.1 Å². The van der Waals surface area contributed by atoms with Crippen LogP contribution in [0.3, 0.4) is 0 Å². The Kier molecular flexibility index (Phi) is 20.6. The van der Waals surface area contributed by atoms with Gasteiger partial charge in [-0.1, -0.05) is 24.3 Å². The minimum atomic E-state index is -5.06. The normalized spacial score (nSPS) is 12.4. The third kappa shape index (κ3) is 12.0. The average molecular weight is 1190 g/mol. The first kappa shape index (κ1) is 67.9. The maximum Gasteiger partial charge on any atom is 1.00 e. The molecular formula is C56H50N4Na4O12S4. The number of H-pyrrole nitrogens is 2. The maximum atomic E-state index is 13.0. The number of nitrogens with zero attached hydrogens (tertiary/aromatic N) is 2. The molecule has 16 nitrogen and oxygen atoms in total. The van der Waals surface area contributed by atoms with Gasteiger partial charge in [0.25, 0.3) is 0 Å². The van der Waals surface area contributed by atoms with Gasteiger partial charge in [0.2, 0.25) is 0 Å². The molecule has 0 fully saturated rings. The number of hydrogen-bond acceptors (Lipinski definition) is 14. The first-order valence-electron chi connectivity index (χ1n) is 23.7. The van der Waals surface area contributed by atoms with E-state index in [-0.39, 0.29) is 186 Å². The number of rotatable bonds is 8. The summed E-state index contributed by atoms with van der Waals surface area (Å²) in [5, 5.41) is 0. The smallest absolute Gasteiger partial charge is 0.744 e. The van der Waals surface area contributed by atoms with Gasteiger partial charge in [-0.15, -0.1) is 0 Å². The van der Waals surface area contributed by atoms with Gasteiger partial charge in [-0.05, 0) is 221 Å². The predicted molar refractivity (Wildman–Crippen MR) is 289 cm³/mol. The second-order valence-corrected chi connectivity index (χ2v) is 24.9. The van der Waals surface area contributed by atoms with Gasteiger partial charge in [-0.25, -0.2) is 43.6 Å². The quantitative estimate of drug-likeness (QED) is 0.132. The van der Waals surface area contributed by atoms with E-state index in [4.69, 9.17) is 9.97 Å². The Balaban J connectivity index is 0.00000294. The molecule has 80 heavy (non-hydrogen) atoms. The van der Waals surface area contributed by atoms with Crippen LogP contribution < -0.4 is 118 Å². The zero-order valence-electron chi connectivity index (χ0n) is 47.4. The number of nitrogens with one attached hydrogen (secondary N) is 2. The molecule has 24 heteroatoms. The zero-order valence-corrected chi connectivity index (χ0v) is 58.6. The Labute approximate surface area is 555 Å². The molecule has 0 amide bonds. The maximum absolute atomic E-state index is 13.0. The van der Waals surface area contributed by atoms with E-state index in [1.54, 1.807) is 101 Å². The molecular weight excluding hydrogens is 1140 g/mol. The molecule has 0 spiro atoms. The Bertz CT molecular complexity index is 3990. The number of hydrogen-bond donors (Lipinski definition) is 2. The van der Waals surface area contributed by atoms with E-state index >= 15 is 0 Å². The molecule has 0 saturated carbocycles. The molecule has 9 rings (SSSR count). The number of aryl methyl sites for hydroxylation is 8. The molecule has 5 heterocycles. The van der Waals surface area contributed by atoms with Gasteiger partial charge < -0.3 is 28.2 Å². The van der Waals surface area contributed by atoms with Crippen LogP contribution in [0.5, 0.6) is 0 Å². The van der Waals surface area contributed by atoms with Crippen LogP contribution in [0.25, 0.3) is 90.9 Å². The first-order valence-corrected chi connectivity index (χ1v) is 29.3. The third-order valence-electron chi connectivity index (χ3n) is 14.4. The van der Waals surface area contributed by atoms with E-state index in [9.17, 15) is 51.9 Å². The van der Waals surface area contributed by atoms with Crippen molar-refractivity contribution in [2.24, 2.45) is 0 Å². The molecule has 2 aliphatic rings. The number of benzene rings is 4. The van der Waals surface area contributed by atoms with Crippen LogP contribution in [0.1, 0.15) is 89.5 Å². The van der Waals surface area contributed by atoms with Crippen LogP contribution in [0.4, 0.5) is 0 Å². The van der Waals surface area contributed by atoms with E-state index in [1.165, 1.54) is 55.4 Å². The summed E-state index contributed by atoms with van der Waals surface area (Å²) in [6.07, 6.45) is 6.71. The van der Waals surface area contributed by atoms with Crippen LogP contribution in [0, 0.1) is 83.1 Å². The molecule has 8 bridgehead atoms. The van der Waals surface area contributed by atoms with Crippen molar-refractivity contribution >= 4 is 86.8 Å². The molecule has 2 aliphatic heterocycles. The largest absolute Gasteiger partial charge is 1.00 e. The van der Waals surface area contributed by atoms with Gasteiger partial charge in [-0.3, -0.25) is 0 Å². The molecule has 0 unspecified atom stereocenters. The van der Waals surface area contributed by atoms with Crippen molar-refractivity contribution in [2.45, 2.75) is 103 Å². The molecule has 0 radical (unpaired) electrons. The SMILES string of the molecule is Cc1cc(C)c(S(=O)(=O)[O-])c(C)c1-c1c2nc(c(-c3c(C)cc(C)c(S(=O)(=O)[O-])c3C)c3ccc([nH]3)c(-c3c(C)cc(C)c(S(=O)(=O)[O-])c3C)c3nc(c(-c4c(C)cc(C)c(S(=O)(=O)[O-])c4C)c4ccc1[nH]4)C=C3)C=C2.[Na+].[Na+].[Na+].[Na+]. The van der Waals surface area contributed by atoms with Crippen LogP contribution in [0.15, 0.2) is 68.1 Å². The fourth-order valence-corrected chi connectivity index (χ4v) is 15.7. The molecule has 0 saturated heterocycles. The Morgan fingerprint density at radius 1 is 0.300 bits per heavy atom. The second kappa shape index (κ2) is 24.2. The summed E-state index contributed by atoms with van der Waals surface area (Å²) < 4.78 is 157. The summed E-state index contributed by atoms with van der Waals surface area (Å²) >= 11 is 0. The van der Waals surface area contributed by atoms with Gasteiger partial charge >= 0.3 is 118 Å². The summed E-state index contributed by atoms with van der Waals surface area (Å²) in [6.45, 7) is 19.3. The van der Waals surface area contributed by atoms with Crippen molar-refractivity contribution in [1.29, 1.82) is 0 Å². The fourth-order valence-electron chi connectivity index (χ4n) is 12.0. The molecule has 4 aromatic carbocycles. The monoisotopic (exact) mass is 1190 g/mol. The fraction of sp³-hybridized carbons (Fsp3) is 0.214. The van der Waals surface area contributed by atoms with Crippen molar-refractivity contribution in [3.63, 3.8) is 0 Å². The summed E-state index contributed by atoms with van der Waals surface area (Å²) in [6, 6.07) is 13.2. The Hall–Kier alpha value is -2.88. The van der Waals surface area contributed by atoms with Gasteiger partial charge in [-0.2, -0.15) is 0 Å². The van der Waals surface area contributed by atoms with Crippen molar-refractivity contribution in [2.75, 3.05) is 0 Å². The summed E-state index contributed by atoms with van der Waals surface area (Å²) in [4.78, 5) is 15.7. The Morgan fingerprint density at radius 2 is 0.475 bits per heavy atom. The van der Waals surface area contributed by atoms with E-state index in [0.717, 1.165) is 0 Å². The molecule has 0 aliphatic carbocycles. The molecule has 0 atom stereocenters. The van der Waals surface area contributed by atoms with Gasteiger partial charge in [0.15, 0.2) is 0 Å². The minimum Gasteiger partial charge on any atom is -0.744 e. The van der Waals surface area contributed by atoms with Crippen LogP contribution >= 0.6 is 0 Å². The summed E-state index contributed by atoms with van der Waals surface area (Å²) in [7, 11) is -20.2. The number of aromatic amines is 2. The third-order valence-corrected chi connectivity index (χ3v) is 18.9. The molecule has 7 aromatic rings. The molecule has 2 N–H and O–H groups in total. The van der Waals surface area contributed by atoms with Gasteiger partial charge in [0, 0.05) is 44.3 Å². The first-order chi connectivity index (χ1) is 35.2. The van der Waals surface area contributed by atoms with Crippen LogP contribution in [0.2, 0.25) is 0 Å². The predicted octanol–water partition coefficient (Wildman–Crippen LogP) is -1.34. The summed E-state index contributed by atoms with van der Waals surface area (Å²) in [5.41, 5.74) is 8.76. The van der Waals surface area contributed by atoms with Crippen molar-refractivity contribution < 1.29 is 170 Å². The van der Waals surface area contributed by atoms with Crippen LogP contribution in [-0.2, 0) is 40.5 Å². The van der Waals surface area contributed by atoms with Crippen LogP contribution in [-0.4, -0.2) is 71.8 Å². The number of fused-ring (bicyclic) bond motifs is 8. The molecule has 3 aromatic heterocycles. The van der Waals surface area contributed by atoms with Crippen molar-refractivity contribution in [3.05, 3.63) is 138 Å². The number of aromatic nitrogens is 4. The average Bonchev–Trinajstić information content (AvgIpc) is 4.10. The topological polar surface area (TPSA) is 286 Å². The van der Waals surface area contributed by atoms with Gasteiger partial charge in [0.05, 0.1) is 42.4 Å².